The summed E-state index contributed by atoms with van der Waals surface area (Å²) in [5, 5.41) is 3.14. The van der Waals surface area contributed by atoms with E-state index in [-0.39, 0.29) is 23.9 Å². The molecule has 146 valence electrons. The summed E-state index contributed by atoms with van der Waals surface area (Å²) in [7, 11) is 0. The van der Waals surface area contributed by atoms with Crippen molar-refractivity contribution in [2.24, 2.45) is 5.92 Å². The van der Waals surface area contributed by atoms with Crippen molar-refractivity contribution >= 4 is 6.03 Å². The Morgan fingerprint density at radius 2 is 1.81 bits per heavy atom. The van der Waals surface area contributed by atoms with Crippen LogP contribution in [0, 0.1) is 11.7 Å². The number of hydrogen-bond donors (Lipinski definition) is 1. The molecule has 0 bridgehead atoms. The Kier molecular flexibility index (Phi) is 7.40. The van der Waals surface area contributed by atoms with Gasteiger partial charge in [-0.3, -0.25) is 0 Å². The third kappa shape index (κ3) is 4.68. The maximum absolute atomic E-state index is 13.4. The van der Waals surface area contributed by atoms with Crippen molar-refractivity contribution in [1.82, 2.24) is 10.2 Å². The highest BCUT2D eigenvalue weighted by Crippen LogP contribution is 2.37. The van der Waals surface area contributed by atoms with Gasteiger partial charge in [0.15, 0.2) is 0 Å². The van der Waals surface area contributed by atoms with Crippen molar-refractivity contribution in [3.05, 3.63) is 72.1 Å². The number of urea groups is 1. The van der Waals surface area contributed by atoms with Crippen LogP contribution in [-0.2, 0) is 0 Å². The molecule has 0 aromatic heterocycles. The molecule has 1 saturated carbocycles. The van der Waals surface area contributed by atoms with E-state index in [4.69, 9.17) is 0 Å². The van der Waals surface area contributed by atoms with Crippen molar-refractivity contribution in [3.8, 4) is 0 Å². The van der Waals surface area contributed by atoms with E-state index in [1.54, 1.807) is 18.2 Å². The average Bonchev–Trinajstić information content (AvgIpc) is 2.67. The van der Waals surface area contributed by atoms with Gasteiger partial charge in [0.2, 0.25) is 0 Å². The summed E-state index contributed by atoms with van der Waals surface area (Å²) >= 11 is 0. The van der Waals surface area contributed by atoms with Gasteiger partial charge in [0.1, 0.15) is 5.82 Å². The lowest BCUT2D eigenvalue weighted by Gasteiger charge is -2.41. The molecule has 27 heavy (non-hydrogen) atoms. The van der Waals surface area contributed by atoms with Crippen LogP contribution in [0.3, 0.4) is 0 Å². The van der Waals surface area contributed by atoms with Gasteiger partial charge in [-0.2, -0.15) is 0 Å². The van der Waals surface area contributed by atoms with Gasteiger partial charge >= 0.3 is 6.03 Å². The van der Waals surface area contributed by atoms with Crippen molar-refractivity contribution in [2.75, 3.05) is 6.54 Å². The molecular weight excluding hydrogens is 339 g/mol. The second kappa shape index (κ2) is 9.54. The van der Waals surface area contributed by atoms with Crippen molar-refractivity contribution < 1.29 is 9.18 Å². The van der Waals surface area contributed by atoms with Gasteiger partial charge in [-0.15, -0.1) is 0 Å². The number of nitrogens with zero attached hydrogens (tertiary/aromatic N) is 1. The quantitative estimate of drug-likeness (QED) is 0.716. The van der Waals surface area contributed by atoms with E-state index in [9.17, 15) is 9.18 Å². The van der Waals surface area contributed by atoms with E-state index in [2.05, 4.69) is 25.4 Å². The van der Waals surface area contributed by atoms with Gasteiger partial charge in [-0.25, -0.2) is 9.18 Å². The van der Waals surface area contributed by atoms with E-state index in [1.165, 1.54) is 12.1 Å². The molecule has 3 rings (SSSR count). The number of rotatable bonds is 4. The maximum atomic E-state index is 13.4. The summed E-state index contributed by atoms with van der Waals surface area (Å²) in [6, 6.07) is 6.27. The summed E-state index contributed by atoms with van der Waals surface area (Å²) in [6.07, 6.45) is 6.43. The van der Waals surface area contributed by atoms with Crippen LogP contribution < -0.4 is 5.32 Å². The number of carbonyl (C=O) groups excluding carboxylic acids is 1. The second-order valence-electron chi connectivity index (χ2n) is 7.01. The lowest BCUT2D eigenvalue weighted by molar-refractivity contribution is 0.161. The van der Waals surface area contributed by atoms with Crippen molar-refractivity contribution in [1.29, 1.82) is 0 Å². The number of benzene rings is 1. The minimum absolute atomic E-state index is 0.0614. The van der Waals surface area contributed by atoms with Crippen LogP contribution in [0.1, 0.15) is 51.6 Å². The summed E-state index contributed by atoms with van der Waals surface area (Å²) in [4.78, 5) is 14.7. The highest BCUT2D eigenvalue weighted by Gasteiger charge is 2.34. The van der Waals surface area contributed by atoms with E-state index in [0.29, 0.717) is 12.5 Å². The number of nitrogens with one attached hydrogen (secondary N) is 1. The first-order chi connectivity index (χ1) is 13.0. The Labute approximate surface area is 162 Å². The van der Waals surface area contributed by atoms with Gasteiger partial charge in [0.25, 0.3) is 0 Å². The summed E-state index contributed by atoms with van der Waals surface area (Å²) < 4.78 is 13.4. The summed E-state index contributed by atoms with van der Waals surface area (Å²) in [5.41, 5.74) is 2.93. The zero-order chi connectivity index (χ0) is 20.0. The normalized spacial score (nSPS) is 24.3. The first-order valence-corrected chi connectivity index (χ1v) is 9.84. The van der Waals surface area contributed by atoms with Crippen LogP contribution in [0.5, 0.6) is 0 Å². The standard InChI is InChI=1S/C21H25FN2O.C2H6/c1-4-15-10-11-24(21(25)23-18-12-14(3)13-18)20(19(15)5-2)16-6-8-17(22)9-7-16;1-2/h4-9,14,18,20H,1-2,10-13H2,3H3,(H,23,25);1-2H3/t14?,18?,20-;/m0./s1. The Hall–Kier alpha value is -2.36. The van der Waals surface area contributed by atoms with Crippen LogP contribution in [-0.4, -0.2) is 23.5 Å². The van der Waals surface area contributed by atoms with Gasteiger partial charge in [-0.05, 0) is 54.0 Å². The van der Waals surface area contributed by atoms with Gasteiger partial charge in [0, 0.05) is 12.6 Å². The molecule has 0 radical (unpaired) electrons. The number of allylic oxidation sites excluding steroid dienone is 1. The molecule has 3 nitrogen and oxygen atoms in total. The topological polar surface area (TPSA) is 32.3 Å². The minimum Gasteiger partial charge on any atom is -0.335 e. The predicted octanol–water partition coefficient (Wildman–Crippen LogP) is 5.78. The SMILES string of the molecule is C=CC1=C(C=C)[C@H](c2ccc(F)cc2)N(C(=O)NC2CC(C)C2)CC1.CC. The molecule has 1 aliphatic heterocycles. The third-order valence-corrected chi connectivity index (χ3v) is 5.21. The van der Waals surface area contributed by atoms with E-state index in [1.807, 2.05) is 24.8 Å². The molecule has 2 aliphatic rings. The van der Waals surface area contributed by atoms with Gasteiger partial charge in [0.05, 0.1) is 6.04 Å². The van der Waals surface area contributed by atoms with Crippen molar-refractivity contribution in [3.63, 3.8) is 0 Å². The van der Waals surface area contributed by atoms with Crippen LogP contribution in [0.25, 0.3) is 0 Å². The van der Waals surface area contributed by atoms with E-state index in [0.717, 1.165) is 36.0 Å². The molecule has 1 aliphatic carbocycles. The fraction of sp³-hybridized carbons (Fsp3) is 0.435. The van der Waals surface area contributed by atoms with Crippen LogP contribution >= 0.6 is 0 Å². The molecule has 2 amide bonds. The predicted molar refractivity (Wildman–Crippen MR) is 110 cm³/mol. The number of amides is 2. The molecule has 1 fully saturated rings. The maximum Gasteiger partial charge on any atom is 0.318 e. The largest absolute Gasteiger partial charge is 0.335 e. The highest BCUT2D eigenvalue weighted by atomic mass is 19.1. The molecule has 1 N–H and O–H groups in total. The first-order valence-electron chi connectivity index (χ1n) is 9.84. The Bertz CT molecular complexity index is 702. The minimum atomic E-state index is -0.285. The monoisotopic (exact) mass is 370 g/mol. The fourth-order valence-electron chi connectivity index (χ4n) is 3.82. The molecule has 0 saturated heterocycles. The molecule has 1 aromatic carbocycles. The smallest absolute Gasteiger partial charge is 0.318 e. The molecular formula is C23H31FN2O. The zero-order valence-electron chi connectivity index (χ0n) is 16.7. The number of carbonyl (C=O) groups is 1. The lowest BCUT2D eigenvalue weighted by Crippen LogP contribution is -2.51. The molecule has 1 aromatic rings. The Morgan fingerprint density at radius 3 is 2.33 bits per heavy atom. The van der Waals surface area contributed by atoms with Crippen LogP contribution in [0.15, 0.2) is 60.7 Å². The molecule has 0 spiro atoms. The first kappa shape index (κ1) is 20.9. The molecule has 4 heteroatoms. The third-order valence-electron chi connectivity index (χ3n) is 5.21. The van der Waals surface area contributed by atoms with Crippen LogP contribution in [0.4, 0.5) is 9.18 Å². The number of hydrogen-bond acceptors (Lipinski definition) is 1. The summed E-state index contributed by atoms with van der Waals surface area (Å²) in [6.45, 7) is 14.6. The molecule has 1 heterocycles. The van der Waals surface area contributed by atoms with E-state index < -0.39 is 0 Å². The van der Waals surface area contributed by atoms with Gasteiger partial charge in [-0.1, -0.05) is 58.2 Å². The zero-order valence-corrected chi connectivity index (χ0v) is 16.7. The summed E-state index contributed by atoms with van der Waals surface area (Å²) in [5.74, 6) is 0.391. The van der Waals surface area contributed by atoms with E-state index >= 15 is 0 Å². The second-order valence-corrected chi connectivity index (χ2v) is 7.01. The van der Waals surface area contributed by atoms with Gasteiger partial charge < -0.3 is 10.2 Å². The highest BCUT2D eigenvalue weighted by molar-refractivity contribution is 5.76. The van der Waals surface area contributed by atoms with Crippen LogP contribution in [0.2, 0.25) is 0 Å². The molecule has 1 atom stereocenters. The Morgan fingerprint density at radius 1 is 1.19 bits per heavy atom. The fourth-order valence-corrected chi connectivity index (χ4v) is 3.82. The number of halogens is 1. The average molecular weight is 371 g/mol. The molecule has 0 unspecified atom stereocenters. The Balaban J connectivity index is 0.00000126. The lowest BCUT2D eigenvalue weighted by atomic mass is 9.82. The van der Waals surface area contributed by atoms with Crippen molar-refractivity contribution in [2.45, 2.75) is 52.1 Å².